The molecule has 0 unspecified atom stereocenters. The Kier molecular flexibility index (Phi) is 3.92. The molecule has 1 saturated heterocycles. The van der Waals surface area contributed by atoms with Crippen LogP contribution >= 0.6 is 11.3 Å². The fourth-order valence-corrected chi connectivity index (χ4v) is 2.41. The number of hydrogen-bond donors (Lipinski definition) is 1. The van der Waals surface area contributed by atoms with Gasteiger partial charge in [0, 0.05) is 25.7 Å². The topological polar surface area (TPSA) is 41.6 Å². The average molecular weight is 268 g/mol. The van der Waals surface area contributed by atoms with Crippen LogP contribution in [0.3, 0.4) is 0 Å². The summed E-state index contributed by atoms with van der Waals surface area (Å²) in [5.41, 5.74) is 0.891. The lowest BCUT2D eigenvalue weighted by Gasteiger charge is -2.40. The molecule has 1 aromatic rings. The Labute approximate surface area is 112 Å². The smallest absolute Gasteiger partial charge is 0.410 e. The van der Waals surface area contributed by atoms with E-state index in [1.165, 1.54) is 5.56 Å². The first kappa shape index (κ1) is 13.4. The largest absolute Gasteiger partial charge is 0.444 e. The van der Waals surface area contributed by atoms with Crippen LogP contribution < -0.4 is 5.32 Å². The van der Waals surface area contributed by atoms with Gasteiger partial charge in [0.25, 0.3) is 0 Å². The molecule has 1 fully saturated rings. The second-order valence-electron chi connectivity index (χ2n) is 5.59. The minimum atomic E-state index is -0.410. The normalized spacial score (nSPS) is 16.5. The number of amides is 1. The van der Waals surface area contributed by atoms with Crippen molar-refractivity contribution in [2.45, 2.75) is 39.0 Å². The number of nitrogens with one attached hydrogen (secondary N) is 1. The molecule has 2 rings (SSSR count). The predicted molar refractivity (Wildman–Crippen MR) is 72.8 cm³/mol. The van der Waals surface area contributed by atoms with Crippen LogP contribution in [0, 0.1) is 0 Å². The highest BCUT2D eigenvalue weighted by atomic mass is 32.1. The van der Waals surface area contributed by atoms with Crippen molar-refractivity contribution in [3.63, 3.8) is 0 Å². The Bertz CT molecular complexity index is 392. The van der Waals surface area contributed by atoms with E-state index < -0.39 is 5.60 Å². The third kappa shape index (κ3) is 3.71. The first-order chi connectivity index (χ1) is 8.44. The predicted octanol–water partition coefficient (Wildman–Crippen LogP) is 2.46. The van der Waals surface area contributed by atoms with Crippen molar-refractivity contribution >= 4 is 17.4 Å². The molecule has 0 bridgehead atoms. The van der Waals surface area contributed by atoms with Crippen molar-refractivity contribution in [3.05, 3.63) is 22.4 Å². The number of carbonyl (C=O) groups excluding carboxylic acids is 1. The van der Waals surface area contributed by atoms with Gasteiger partial charge in [0.2, 0.25) is 0 Å². The molecule has 1 aliphatic rings. The molecule has 1 aliphatic heterocycles. The van der Waals surface area contributed by atoms with Gasteiger partial charge in [0.1, 0.15) is 5.60 Å². The molecule has 0 saturated carbocycles. The summed E-state index contributed by atoms with van der Waals surface area (Å²) in [5.74, 6) is 0. The fourth-order valence-electron chi connectivity index (χ4n) is 1.74. The highest BCUT2D eigenvalue weighted by Crippen LogP contribution is 2.15. The molecule has 0 aromatic carbocycles. The minimum Gasteiger partial charge on any atom is -0.444 e. The zero-order valence-corrected chi connectivity index (χ0v) is 11.9. The number of carbonyl (C=O) groups is 1. The molecule has 1 amide bonds. The summed E-state index contributed by atoms with van der Waals surface area (Å²) in [6, 6.07) is 2.50. The Morgan fingerprint density at radius 2 is 2.28 bits per heavy atom. The summed E-state index contributed by atoms with van der Waals surface area (Å²) in [5, 5.41) is 7.64. The van der Waals surface area contributed by atoms with Crippen LogP contribution in [0.2, 0.25) is 0 Å². The Morgan fingerprint density at radius 1 is 1.56 bits per heavy atom. The highest BCUT2D eigenvalue weighted by molar-refractivity contribution is 7.07. The molecule has 0 atom stereocenters. The number of ether oxygens (including phenoxy) is 1. The zero-order chi connectivity index (χ0) is 13.2. The summed E-state index contributed by atoms with van der Waals surface area (Å²) in [4.78, 5) is 13.4. The summed E-state index contributed by atoms with van der Waals surface area (Å²) < 4.78 is 5.30. The van der Waals surface area contributed by atoms with Gasteiger partial charge in [-0.3, -0.25) is 0 Å². The van der Waals surface area contributed by atoms with Gasteiger partial charge in [-0.2, -0.15) is 11.3 Å². The highest BCUT2D eigenvalue weighted by Gasteiger charge is 2.33. The maximum atomic E-state index is 11.7. The van der Waals surface area contributed by atoms with E-state index in [1.54, 1.807) is 16.2 Å². The average Bonchev–Trinajstić information content (AvgIpc) is 2.64. The van der Waals surface area contributed by atoms with Crippen molar-refractivity contribution < 1.29 is 9.53 Å². The monoisotopic (exact) mass is 268 g/mol. The molecule has 1 aromatic heterocycles. The molecule has 4 nitrogen and oxygen atoms in total. The molecule has 0 spiro atoms. The first-order valence-electron chi connectivity index (χ1n) is 6.16. The maximum absolute atomic E-state index is 11.7. The van der Waals surface area contributed by atoms with Crippen molar-refractivity contribution in [3.8, 4) is 0 Å². The van der Waals surface area contributed by atoms with Crippen molar-refractivity contribution in [1.29, 1.82) is 0 Å². The van der Waals surface area contributed by atoms with Gasteiger partial charge in [0.05, 0.1) is 0 Å². The second-order valence-corrected chi connectivity index (χ2v) is 6.37. The SMILES string of the molecule is CC(C)(C)OC(=O)N1CC(NCc2ccsc2)C1. The molecule has 5 heteroatoms. The van der Waals surface area contributed by atoms with Crippen molar-refractivity contribution in [1.82, 2.24) is 10.2 Å². The van der Waals surface area contributed by atoms with Crippen molar-refractivity contribution in [2.24, 2.45) is 0 Å². The third-order valence-electron chi connectivity index (χ3n) is 2.71. The lowest BCUT2D eigenvalue weighted by molar-refractivity contribution is 0.00519. The van der Waals surface area contributed by atoms with Crippen molar-refractivity contribution in [2.75, 3.05) is 13.1 Å². The summed E-state index contributed by atoms with van der Waals surface area (Å²) >= 11 is 1.70. The Hall–Kier alpha value is -1.07. The van der Waals surface area contributed by atoms with Crippen LogP contribution in [0.5, 0.6) is 0 Å². The summed E-state index contributed by atoms with van der Waals surface area (Å²) in [6.45, 7) is 8.00. The van der Waals surface area contributed by atoms with E-state index in [9.17, 15) is 4.79 Å². The second kappa shape index (κ2) is 5.28. The number of hydrogen-bond acceptors (Lipinski definition) is 4. The molecular weight excluding hydrogens is 248 g/mol. The number of likely N-dealkylation sites (tertiary alicyclic amines) is 1. The summed E-state index contributed by atoms with van der Waals surface area (Å²) in [7, 11) is 0. The first-order valence-corrected chi connectivity index (χ1v) is 7.11. The van der Waals surface area contributed by atoms with Crippen LogP contribution in [0.25, 0.3) is 0 Å². The van der Waals surface area contributed by atoms with Crippen LogP contribution in [0.1, 0.15) is 26.3 Å². The van der Waals surface area contributed by atoms with Gasteiger partial charge < -0.3 is 15.0 Å². The Morgan fingerprint density at radius 3 is 2.83 bits per heavy atom. The Balaban J connectivity index is 1.66. The molecule has 0 aliphatic carbocycles. The lowest BCUT2D eigenvalue weighted by Crippen LogP contribution is -2.60. The molecule has 2 heterocycles. The van der Waals surface area contributed by atoms with E-state index in [4.69, 9.17) is 4.74 Å². The van der Waals surface area contributed by atoms with E-state index in [-0.39, 0.29) is 6.09 Å². The van der Waals surface area contributed by atoms with E-state index in [0.717, 1.165) is 19.6 Å². The molecule has 100 valence electrons. The van der Waals surface area contributed by atoms with Gasteiger partial charge in [-0.1, -0.05) is 0 Å². The minimum absolute atomic E-state index is 0.212. The third-order valence-corrected chi connectivity index (χ3v) is 3.44. The van der Waals surface area contributed by atoms with Gasteiger partial charge in [-0.15, -0.1) is 0 Å². The van der Waals surface area contributed by atoms with E-state index in [0.29, 0.717) is 6.04 Å². The maximum Gasteiger partial charge on any atom is 0.410 e. The standard InChI is InChI=1S/C13H20N2O2S/c1-13(2,3)17-12(16)15-7-11(8-15)14-6-10-4-5-18-9-10/h4-5,9,11,14H,6-8H2,1-3H3. The van der Waals surface area contributed by atoms with E-state index >= 15 is 0 Å². The number of nitrogens with zero attached hydrogens (tertiary/aromatic N) is 1. The zero-order valence-electron chi connectivity index (χ0n) is 11.1. The lowest BCUT2D eigenvalue weighted by atomic mass is 10.1. The molecule has 18 heavy (non-hydrogen) atoms. The molecule has 0 radical (unpaired) electrons. The number of thiophene rings is 1. The molecular formula is C13H20N2O2S. The van der Waals surface area contributed by atoms with Crippen LogP contribution in [0.4, 0.5) is 4.79 Å². The van der Waals surface area contributed by atoms with E-state index in [2.05, 4.69) is 22.1 Å². The number of rotatable bonds is 3. The molecule has 1 N–H and O–H groups in total. The van der Waals surface area contributed by atoms with Gasteiger partial charge in [-0.25, -0.2) is 4.79 Å². The van der Waals surface area contributed by atoms with Crippen LogP contribution in [0.15, 0.2) is 16.8 Å². The fraction of sp³-hybridized carbons (Fsp3) is 0.615. The van der Waals surface area contributed by atoms with E-state index in [1.807, 2.05) is 20.8 Å². The summed E-state index contributed by atoms with van der Waals surface area (Å²) in [6.07, 6.45) is -0.212. The van der Waals surface area contributed by atoms with Gasteiger partial charge in [-0.05, 0) is 43.2 Å². The van der Waals surface area contributed by atoms with Gasteiger partial charge >= 0.3 is 6.09 Å². The van der Waals surface area contributed by atoms with Crippen LogP contribution in [-0.4, -0.2) is 35.7 Å². The quantitative estimate of drug-likeness (QED) is 0.915. The van der Waals surface area contributed by atoms with Crippen LogP contribution in [-0.2, 0) is 11.3 Å². The van der Waals surface area contributed by atoms with Gasteiger partial charge in [0.15, 0.2) is 0 Å².